The van der Waals surface area contributed by atoms with E-state index in [0.717, 1.165) is 43.4 Å². The van der Waals surface area contributed by atoms with Crippen molar-refractivity contribution in [2.75, 3.05) is 0 Å². The first-order chi connectivity index (χ1) is 12.0. The van der Waals surface area contributed by atoms with Crippen molar-refractivity contribution in [1.82, 2.24) is 5.32 Å². The zero-order valence-corrected chi connectivity index (χ0v) is 15.7. The Morgan fingerprint density at radius 3 is 2.44 bits per heavy atom. The zero-order chi connectivity index (χ0) is 17.7. The Hall–Kier alpha value is -1.06. The van der Waals surface area contributed by atoms with Crippen LogP contribution < -0.4 is 5.32 Å². The second kappa shape index (κ2) is 6.28. The van der Waals surface area contributed by atoms with Gasteiger partial charge in [0.2, 0.25) is 6.41 Å². The first-order valence-electron chi connectivity index (χ1n) is 10.3. The van der Waals surface area contributed by atoms with Gasteiger partial charge >= 0.3 is 0 Å². The predicted molar refractivity (Wildman–Crippen MR) is 95.7 cm³/mol. The van der Waals surface area contributed by atoms with Crippen molar-refractivity contribution in [2.24, 2.45) is 34.5 Å². The highest BCUT2D eigenvalue weighted by Gasteiger charge is 2.60. The first kappa shape index (κ1) is 17.4. The number of rotatable bonds is 4. The Bertz CT molecular complexity index is 537. The quantitative estimate of drug-likeness (QED) is 0.789. The average Bonchev–Trinajstić information content (AvgIpc) is 2.93. The summed E-state index contributed by atoms with van der Waals surface area (Å²) < 4.78 is 5.32. The number of amides is 1. The molecule has 4 aliphatic carbocycles. The fraction of sp³-hybridized carbons (Fsp3) is 0.905. The fourth-order valence-corrected chi connectivity index (χ4v) is 7.78. The summed E-state index contributed by atoms with van der Waals surface area (Å²) in [5.74, 6) is 3.12. The van der Waals surface area contributed by atoms with Crippen molar-refractivity contribution in [2.45, 2.75) is 83.8 Å². The highest BCUT2D eigenvalue weighted by Crippen LogP contribution is 2.66. The van der Waals surface area contributed by atoms with Gasteiger partial charge in [0, 0.05) is 6.04 Å². The SMILES string of the molecule is C[C@]12CC[C@@H](OC=O)C[C@@H]1CC[C@@H]1[C@H]3CC[C@H](NC=O)[C@@]3(C)CC[C@@H]12. The summed E-state index contributed by atoms with van der Waals surface area (Å²) in [7, 11) is 0. The summed E-state index contributed by atoms with van der Waals surface area (Å²) in [5.41, 5.74) is 0.715. The normalized spacial score (nSPS) is 51.6. The lowest BCUT2D eigenvalue weighted by Gasteiger charge is -2.61. The minimum absolute atomic E-state index is 0.147. The summed E-state index contributed by atoms with van der Waals surface area (Å²) in [5, 5.41) is 3.14. The Balaban J connectivity index is 1.54. The van der Waals surface area contributed by atoms with E-state index in [4.69, 9.17) is 4.74 Å². The van der Waals surface area contributed by atoms with Crippen LogP contribution in [0.5, 0.6) is 0 Å². The van der Waals surface area contributed by atoms with Crippen LogP contribution in [0.15, 0.2) is 0 Å². The Labute approximate surface area is 151 Å². The summed E-state index contributed by atoms with van der Waals surface area (Å²) in [6.45, 7) is 5.61. The van der Waals surface area contributed by atoms with Gasteiger partial charge in [0.25, 0.3) is 6.47 Å². The molecule has 140 valence electrons. The first-order valence-corrected chi connectivity index (χ1v) is 10.3. The number of nitrogens with one attached hydrogen (secondary N) is 1. The summed E-state index contributed by atoms with van der Waals surface area (Å²) >= 11 is 0. The molecule has 0 unspecified atom stereocenters. The van der Waals surface area contributed by atoms with Crippen molar-refractivity contribution < 1.29 is 14.3 Å². The van der Waals surface area contributed by atoms with E-state index in [0.29, 0.717) is 29.3 Å². The number of hydrogen-bond acceptors (Lipinski definition) is 3. The van der Waals surface area contributed by atoms with Crippen molar-refractivity contribution in [1.29, 1.82) is 0 Å². The second-order valence-corrected chi connectivity index (χ2v) is 9.74. The molecule has 1 N–H and O–H groups in total. The van der Waals surface area contributed by atoms with E-state index in [1.54, 1.807) is 0 Å². The van der Waals surface area contributed by atoms with Gasteiger partial charge < -0.3 is 10.1 Å². The van der Waals surface area contributed by atoms with Gasteiger partial charge in [0.1, 0.15) is 6.10 Å². The van der Waals surface area contributed by atoms with Crippen molar-refractivity contribution in [3.8, 4) is 0 Å². The molecule has 0 heterocycles. The van der Waals surface area contributed by atoms with Crippen LogP contribution in [0.3, 0.4) is 0 Å². The van der Waals surface area contributed by atoms with Crippen LogP contribution in [0.2, 0.25) is 0 Å². The molecule has 1 amide bonds. The number of ether oxygens (including phenoxy) is 1. The number of carbonyl (C=O) groups is 2. The number of fused-ring (bicyclic) bond motifs is 5. The summed E-state index contributed by atoms with van der Waals surface area (Å²) in [6.07, 6.45) is 12.0. The standard InChI is InChI=1S/C21H33NO3/c1-20-9-7-15(25-13-24)11-14(20)3-4-16-17-5-6-19(22-12-23)21(17,2)10-8-18(16)20/h12-19H,3-11H2,1-2H3,(H,22,23)/t14-,15+,16+,17+,18-,19-,20-,21-/m0/s1. The van der Waals surface area contributed by atoms with Crippen LogP contribution in [-0.4, -0.2) is 25.0 Å². The van der Waals surface area contributed by atoms with Crippen LogP contribution in [0, 0.1) is 34.5 Å². The van der Waals surface area contributed by atoms with E-state index in [1.165, 1.54) is 38.5 Å². The third kappa shape index (κ3) is 2.54. The minimum atomic E-state index is 0.147. The minimum Gasteiger partial charge on any atom is -0.465 e. The molecule has 0 saturated heterocycles. The lowest BCUT2D eigenvalue weighted by Crippen LogP contribution is -2.55. The van der Waals surface area contributed by atoms with Crippen LogP contribution in [0.1, 0.15) is 71.6 Å². The Kier molecular flexibility index (Phi) is 4.36. The highest BCUT2D eigenvalue weighted by atomic mass is 16.5. The van der Waals surface area contributed by atoms with Crippen molar-refractivity contribution in [3.05, 3.63) is 0 Å². The van der Waals surface area contributed by atoms with Crippen LogP contribution in [0.4, 0.5) is 0 Å². The molecule has 0 aromatic rings. The Morgan fingerprint density at radius 1 is 0.920 bits per heavy atom. The molecular formula is C21H33NO3. The zero-order valence-electron chi connectivity index (χ0n) is 15.7. The molecule has 4 heteroatoms. The van der Waals surface area contributed by atoms with Crippen LogP contribution in [0.25, 0.3) is 0 Å². The molecule has 4 nitrogen and oxygen atoms in total. The maximum atomic E-state index is 11.0. The lowest BCUT2D eigenvalue weighted by molar-refractivity contribution is -0.149. The largest absolute Gasteiger partial charge is 0.465 e. The molecule has 0 aliphatic heterocycles. The molecule has 0 aromatic heterocycles. The number of hydrogen-bond donors (Lipinski definition) is 1. The van der Waals surface area contributed by atoms with Gasteiger partial charge in [-0.1, -0.05) is 13.8 Å². The van der Waals surface area contributed by atoms with Gasteiger partial charge in [-0.05, 0) is 92.3 Å². The molecule has 4 saturated carbocycles. The fourth-order valence-electron chi connectivity index (χ4n) is 7.78. The molecule has 0 bridgehead atoms. The van der Waals surface area contributed by atoms with Crippen molar-refractivity contribution in [3.63, 3.8) is 0 Å². The summed E-state index contributed by atoms with van der Waals surface area (Å²) in [6, 6.07) is 0.373. The molecule has 0 radical (unpaired) electrons. The predicted octanol–water partition coefficient (Wildman–Crippen LogP) is 3.69. The van der Waals surface area contributed by atoms with Crippen molar-refractivity contribution >= 4 is 12.9 Å². The van der Waals surface area contributed by atoms with Gasteiger partial charge in [-0.3, -0.25) is 9.59 Å². The lowest BCUT2D eigenvalue weighted by atomic mass is 9.45. The maximum Gasteiger partial charge on any atom is 0.293 e. The van der Waals surface area contributed by atoms with Gasteiger partial charge in [0.15, 0.2) is 0 Å². The molecular weight excluding hydrogens is 314 g/mol. The third-order valence-electron chi connectivity index (χ3n) is 9.13. The van der Waals surface area contributed by atoms with Gasteiger partial charge in [0.05, 0.1) is 0 Å². The molecule has 0 spiro atoms. The number of carbonyl (C=O) groups excluding carboxylic acids is 2. The molecule has 25 heavy (non-hydrogen) atoms. The molecule has 4 fully saturated rings. The van der Waals surface area contributed by atoms with Crippen LogP contribution in [-0.2, 0) is 14.3 Å². The Morgan fingerprint density at radius 2 is 1.68 bits per heavy atom. The van der Waals surface area contributed by atoms with Gasteiger partial charge in [-0.2, -0.15) is 0 Å². The highest BCUT2D eigenvalue weighted by molar-refractivity contribution is 5.47. The van der Waals surface area contributed by atoms with E-state index in [9.17, 15) is 9.59 Å². The van der Waals surface area contributed by atoms with E-state index in [2.05, 4.69) is 19.2 Å². The van der Waals surface area contributed by atoms with E-state index < -0.39 is 0 Å². The molecule has 8 atom stereocenters. The monoisotopic (exact) mass is 347 g/mol. The smallest absolute Gasteiger partial charge is 0.293 e. The van der Waals surface area contributed by atoms with E-state index >= 15 is 0 Å². The van der Waals surface area contributed by atoms with Gasteiger partial charge in [-0.25, -0.2) is 0 Å². The second-order valence-electron chi connectivity index (χ2n) is 9.74. The van der Waals surface area contributed by atoms with E-state index in [1.807, 2.05) is 0 Å². The third-order valence-corrected chi connectivity index (χ3v) is 9.13. The van der Waals surface area contributed by atoms with Gasteiger partial charge in [-0.15, -0.1) is 0 Å². The summed E-state index contributed by atoms with van der Waals surface area (Å²) in [4.78, 5) is 21.8. The molecule has 4 aliphatic rings. The van der Waals surface area contributed by atoms with Crippen LogP contribution >= 0.6 is 0 Å². The molecule has 4 rings (SSSR count). The average molecular weight is 347 g/mol. The molecule has 0 aromatic carbocycles. The topological polar surface area (TPSA) is 55.4 Å². The van der Waals surface area contributed by atoms with E-state index in [-0.39, 0.29) is 6.10 Å². The maximum absolute atomic E-state index is 11.0.